The van der Waals surface area contributed by atoms with Gasteiger partial charge in [-0.15, -0.1) is 11.8 Å². The number of ether oxygens (including phenoxy) is 1. The van der Waals surface area contributed by atoms with Crippen LogP contribution in [0, 0.1) is 11.8 Å². The van der Waals surface area contributed by atoms with Gasteiger partial charge in [0, 0.05) is 5.75 Å². The monoisotopic (exact) mass is 533 g/mol. The predicted octanol–water partition coefficient (Wildman–Crippen LogP) is 3.34. The Morgan fingerprint density at radius 3 is 1.86 bits per heavy atom. The molecule has 1 fully saturated rings. The third kappa shape index (κ3) is 7.94. The summed E-state index contributed by atoms with van der Waals surface area (Å²) in [6, 6.07) is -4.49. The van der Waals surface area contributed by atoms with E-state index in [9.17, 15) is 41.1 Å². The molecule has 1 aliphatic rings. The molecule has 1 saturated heterocycles. The number of carbonyl (C=O) groups is 4. The number of hydrogen-bond donors (Lipinski definition) is 2. The number of nitrogens with zero attached hydrogens (tertiary/aromatic N) is 1. The normalized spacial score (nSPS) is 18.9. The summed E-state index contributed by atoms with van der Waals surface area (Å²) in [5.41, 5.74) is -0.836. The van der Waals surface area contributed by atoms with Gasteiger partial charge in [0.15, 0.2) is 0 Å². The Hall–Kier alpha value is -2.12. The number of halogens is 5. The molecule has 14 heteroatoms. The molecule has 0 bridgehead atoms. The van der Waals surface area contributed by atoms with Gasteiger partial charge in [0.2, 0.25) is 17.6 Å². The molecule has 3 amide bonds. The molecular formula is C21H32F5N3O5S. The molecule has 35 heavy (non-hydrogen) atoms. The molecule has 8 nitrogen and oxygen atoms in total. The molecule has 2 N–H and O–H groups in total. The molecule has 1 rings (SSSR count). The second-order valence-corrected chi connectivity index (χ2v) is 10.9. The Bertz CT molecular complexity index is 814. The molecule has 0 aromatic carbocycles. The molecule has 202 valence electrons. The zero-order valence-corrected chi connectivity index (χ0v) is 21.4. The Balaban J connectivity index is 3.08. The third-order valence-corrected chi connectivity index (χ3v) is 6.00. The fourth-order valence-corrected chi connectivity index (χ4v) is 4.29. The molecular weight excluding hydrogens is 501 g/mol. The van der Waals surface area contributed by atoms with Gasteiger partial charge in [-0.05, 0) is 32.6 Å². The number of carbonyl (C=O) groups excluding carboxylic acids is 4. The van der Waals surface area contributed by atoms with E-state index in [0.717, 1.165) is 16.7 Å². The lowest BCUT2D eigenvalue weighted by molar-refractivity contribution is -0.270. The van der Waals surface area contributed by atoms with Crippen LogP contribution in [0.4, 0.5) is 26.7 Å². The lowest BCUT2D eigenvalue weighted by Crippen LogP contribution is -2.60. The first-order chi connectivity index (χ1) is 15.7. The van der Waals surface area contributed by atoms with Crippen LogP contribution in [0.2, 0.25) is 0 Å². The predicted molar refractivity (Wildman–Crippen MR) is 119 cm³/mol. The molecule has 0 spiro atoms. The van der Waals surface area contributed by atoms with Crippen LogP contribution in [0.25, 0.3) is 0 Å². The van der Waals surface area contributed by atoms with Gasteiger partial charge in [-0.2, -0.15) is 22.0 Å². The average molecular weight is 534 g/mol. The van der Waals surface area contributed by atoms with Crippen LogP contribution >= 0.6 is 11.8 Å². The van der Waals surface area contributed by atoms with Crippen LogP contribution in [0.3, 0.4) is 0 Å². The summed E-state index contributed by atoms with van der Waals surface area (Å²) in [6.45, 7) is 10.6. The van der Waals surface area contributed by atoms with Crippen molar-refractivity contribution in [3.8, 4) is 0 Å². The maximum absolute atomic E-state index is 13.7. The van der Waals surface area contributed by atoms with Gasteiger partial charge in [0.25, 0.3) is 0 Å². The number of thioether (sulfide) groups is 1. The summed E-state index contributed by atoms with van der Waals surface area (Å²) in [5, 5.41) is 4.42. The van der Waals surface area contributed by atoms with E-state index in [1.165, 1.54) is 13.8 Å². The molecule has 0 aromatic heterocycles. The summed E-state index contributed by atoms with van der Waals surface area (Å²) in [4.78, 5) is 51.3. The first-order valence-corrected chi connectivity index (χ1v) is 12.0. The lowest BCUT2D eigenvalue weighted by atomic mass is 9.95. The number of Topliss-reactive ketones (excluding diaryl/α,β-unsaturated/α-hetero) is 1. The van der Waals surface area contributed by atoms with E-state index >= 15 is 0 Å². The van der Waals surface area contributed by atoms with E-state index in [0.29, 0.717) is 0 Å². The Labute approximate surface area is 205 Å². The standard InChI is InChI=1S/C21H32F5N3O5S/c1-10(2)13(15(30)20(22,23)21(24,25)26)27-16(31)12-8-35-9-29(12)17(32)14(11(3)4)28-18(33)34-19(5,6)7/h10-14H,8-9H2,1-7H3,(H,27,31)(H,28,33)/t12-,13?,14-/m0/s1. The number of rotatable bonds is 8. The minimum Gasteiger partial charge on any atom is -0.444 e. The minimum atomic E-state index is -6.12. The van der Waals surface area contributed by atoms with Crippen LogP contribution in [0.15, 0.2) is 0 Å². The fourth-order valence-electron chi connectivity index (χ4n) is 3.12. The summed E-state index contributed by atoms with van der Waals surface area (Å²) in [5.74, 6) is -11.3. The van der Waals surface area contributed by atoms with Crippen molar-refractivity contribution < 1.29 is 45.9 Å². The van der Waals surface area contributed by atoms with Gasteiger partial charge in [-0.1, -0.05) is 27.7 Å². The summed E-state index contributed by atoms with van der Waals surface area (Å²) < 4.78 is 70.6. The first-order valence-electron chi connectivity index (χ1n) is 10.9. The number of alkyl carbamates (subject to hydrolysis) is 1. The fraction of sp³-hybridized carbons (Fsp3) is 0.810. The molecule has 1 unspecified atom stereocenters. The van der Waals surface area contributed by atoms with Crippen molar-refractivity contribution in [2.75, 3.05) is 11.6 Å². The first kappa shape index (κ1) is 30.9. The molecule has 0 radical (unpaired) electrons. The van der Waals surface area contributed by atoms with Crippen molar-refractivity contribution in [3.05, 3.63) is 0 Å². The highest BCUT2D eigenvalue weighted by molar-refractivity contribution is 7.99. The molecule has 1 heterocycles. The average Bonchev–Trinajstić information content (AvgIpc) is 3.16. The van der Waals surface area contributed by atoms with Gasteiger partial charge in [-0.25, -0.2) is 4.79 Å². The highest BCUT2D eigenvalue weighted by Crippen LogP contribution is 2.37. The van der Waals surface area contributed by atoms with Gasteiger partial charge in [0.05, 0.1) is 11.9 Å². The van der Waals surface area contributed by atoms with Gasteiger partial charge >= 0.3 is 18.2 Å². The lowest BCUT2D eigenvalue weighted by Gasteiger charge is -2.32. The summed E-state index contributed by atoms with van der Waals surface area (Å²) >= 11 is 1.15. The van der Waals surface area contributed by atoms with Crippen molar-refractivity contribution in [1.29, 1.82) is 0 Å². The van der Waals surface area contributed by atoms with Crippen LogP contribution in [0.5, 0.6) is 0 Å². The van der Waals surface area contributed by atoms with Crippen molar-refractivity contribution in [3.63, 3.8) is 0 Å². The molecule has 0 aliphatic carbocycles. The number of hydrogen-bond acceptors (Lipinski definition) is 6. The molecule has 0 aromatic rings. The van der Waals surface area contributed by atoms with E-state index in [4.69, 9.17) is 4.74 Å². The zero-order chi connectivity index (χ0) is 27.5. The van der Waals surface area contributed by atoms with Gasteiger partial charge < -0.3 is 20.3 Å². The zero-order valence-electron chi connectivity index (χ0n) is 20.6. The maximum atomic E-state index is 13.7. The Morgan fingerprint density at radius 1 is 0.914 bits per heavy atom. The van der Waals surface area contributed by atoms with Crippen molar-refractivity contribution in [2.24, 2.45) is 11.8 Å². The van der Waals surface area contributed by atoms with Crippen LogP contribution in [-0.4, -0.2) is 76.0 Å². The second-order valence-electron chi connectivity index (χ2n) is 9.86. The van der Waals surface area contributed by atoms with Crippen LogP contribution < -0.4 is 10.6 Å². The highest BCUT2D eigenvalue weighted by atomic mass is 32.2. The number of alkyl halides is 5. The quantitative estimate of drug-likeness (QED) is 0.464. The van der Waals surface area contributed by atoms with Crippen LogP contribution in [0.1, 0.15) is 48.5 Å². The van der Waals surface area contributed by atoms with E-state index in [2.05, 4.69) is 5.32 Å². The van der Waals surface area contributed by atoms with Crippen molar-refractivity contribution in [2.45, 2.75) is 84.3 Å². The van der Waals surface area contributed by atoms with Gasteiger partial charge in [0.1, 0.15) is 17.7 Å². The van der Waals surface area contributed by atoms with Crippen molar-refractivity contribution in [1.82, 2.24) is 15.5 Å². The van der Waals surface area contributed by atoms with E-state index < -0.39 is 71.4 Å². The highest BCUT2D eigenvalue weighted by Gasteiger charge is 2.64. The third-order valence-electron chi connectivity index (χ3n) is 4.99. The van der Waals surface area contributed by atoms with Crippen molar-refractivity contribution >= 4 is 35.5 Å². The number of nitrogens with one attached hydrogen (secondary N) is 2. The molecule has 1 aliphatic heterocycles. The summed E-state index contributed by atoms with van der Waals surface area (Å²) in [7, 11) is 0. The number of ketones is 1. The van der Waals surface area contributed by atoms with E-state index in [1.54, 1.807) is 34.6 Å². The molecule has 0 saturated carbocycles. The maximum Gasteiger partial charge on any atom is 0.461 e. The largest absolute Gasteiger partial charge is 0.461 e. The topological polar surface area (TPSA) is 105 Å². The van der Waals surface area contributed by atoms with E-state index in [1.807, 2.05) is 5.32 Å². The number of amides is 3. The Kier molecular flexibility index (Phi) is 9.97. The Morgan fingerprint density at radius 2 is 1.43 bits per heavy atom. The van der Waals surface area contributed by atoms with Crippen LogP contribution in [-0.2, 0) is 19.1 Å². The second kappa shape index (κ2) is 11.3. The minimum absolute atomic E-state index is 0.00907. The molecule has 3 atom stereocenters. The smallest absolute Gasteiger partial charge is 0.444 e. The van der Waals surface area contributed by atoms with E-state index in [-0.39, 0.29) is 11.6 Å². The van der Waals surface area contributed by atoms with Gasteiger partial charge in [-0.3, -0.25) is 14.4 Å². The SMILES string of the molecule is CC(C)C(NC(=O)[C@@H]1CSCN1C(=O)[C@@H](NC(=O)OC(C)(C)C)C(C)C)C(=O)C(F)(F)C(F)(F)F. The summed E-state index contributed by atoms with van der Waals surface area (Å²) in [6.07, 6.45) is -6.98.